The summed E-state index contributed by atoms with van der Waals surface area (Å²) in [6, 6.07) is 11.0. The van der Waals surface area contributed by atoms with Crippen molar-refractivity contribution >= 4 is 40.8 Å². The van der Waals surface area contributed by atoms with Crippen LogP contribution in [0.15, 0.2) is 55.4 Å². The number of anilines is 1. The van der Waals surface area contributed by atoms with Crippen molar-refractivity contribution in [1.29, 1.82) is 0 Å². The van der Waals surface area contributed by atoms with Gasteiger partial charge in [-0.15, -0.1) is 0 Å². The van der Waals surface area contributed by atoms with E-state index in [-0.39, 0.29) is 4.91 Å². The van der Waals surface area contributed by atoms with E-state index in [1.54, 1.807) is 12.1 Å². The number of hydrogen-bond donors (Lipinski definition) is 1. The molecule has 7 heteroatoms. The third kappa shape index (κ3) is 3.62. The summed E-state index contributed by atoms with van der Waals surface area (Å²) in [6.45, 7) is 1.94. The van der Waals surface area contributed by atoms with E-state index in [0.29, 0.717) is 22.1 Å². The van der Waals surface area contributed by atoms with Crippen LogP contribution in [0.4, 0.5) is 5.88 Å². The van der Waals surface area contributed by atoms with E-state index in [0.717, 1.165) is 43.6 Å². The van der Waals surface area contributed by atoms with E-state index in [1.165, 1.54) is 12.5 Å². The number of aliphatic carboxylic acids is 1. The van der Waals surface area contributed by atoms with Crippen LogP contribution in [0.2, 0.25) is 0 Å². The molecule has 3 heterocycles. The van der Waals surface area contributed by atoms with Crippen molar-refractivity contribution in [2.24, 2.45) is 0 Å². The predicted octanol–water partition coefficient (Wildman–Crippen LogP) is 4.63. The van der Waals surface area contributed by atoms with Crippen molar-refractivity contribution in [1.82, 2.24) is 4.98 Å². The van der Waals surface area contributed by atoms with Crippen LogP contribution in [0.1, 0.15) is 25.0 Å². The van der Waals surface area contributed by atoms with Gasteiger partial charge in [-0.2, -0.15) is 0 Å². The van der Waals surface area contributed by atoms with Crippen molar-refractivity contribution in [3.05, 3.63) is 47.1 Å². The van der Waals surface area contributed by atoms with Crippen molar-refractivity contribution in [3.63, 3.8) is 0 Å². The molecule has 0 unspecified atom stereocenters. The summed E-state index contributed by atoms with van der Waals surface area (Å²) in [6.07, 6.45) is 5.06. The molecule has 2 aromatic heterocycles. The van der Waals surface area contributed by atoms with Gasteiger partial charge in [-0.05, 0) is 49.2 Å². The van der Waals surface area contributed by atoms with Gasteiger partial charge in [0.15, 0.2) is 11.5 Å². The molecule has 4 rings (SSSR count). The van der Waals surface area contributed by atoms with Gasteiger partial charge < -0.3 is 18.8 Å². The Morgan fingerprint density at radius 3 is 2.69 bits per heavy atom. The highest BCUT2D eigenvalue weighted by molar-refractivity contribution is 8.03. The second-order valence-electron chi connectivity index (χ2n) is 6.09. The molecular weight excluding hydrogens is 352 g/mol. The smallest absolute Gasteiger partial charge is 0.342 e. The third-order valence-electron chi connectivity index (χ3n) is 4.24. The lowest BCUT2D eigenvalue weighted by atomic mass is 10.1. The maximum atomic E-state index is 11.6. The number of carbonyl (C=O) groups is 1. The molecule has 1 aliphatic heterocycles. The largest absolute Gasteiger partial charge is 0.477 e. The number of fused-ring (bicyclic) bond motifs is 1. The number of carboxylic acids is 1. The molecule has 0 radical (unpaired) electrons. The topological polar surface area (TPSA) is 79.7 Å². The summed E-state index contributed by atoms with van der Waals surface area (Å²) in [5.41, 5.74) is 1.33. The minimum atomic E-state index is -1.05. The molecule has 0 saturated carbocycles. The number of piperidine rings is 1. The molecule has 134 valence electrons. The fourth-order valence-corrected chi connectivity index (χ4v) is 3.68. The Labute approximate surface area is 154 Å². The number of furan rings is 1. The number of oxazole rings is 1. The van der Waals surface area contributed by atoms with Crippen LogP contribution in [-0.4, -0.2) is 29.1 Å². The number of rotatable bonds is 5. The first-order chi connectivity index (χ1) is 12.7. The molecule has 0 spiro atoms. The highest BCUT2D eigenvalue weighted by atomic mass is 32.2. The Hall–Kier alpha value is -2.67. The fraction of sp³-hybridized carbons (Fsp3) is 0.263. The molecule has 1 aromatic carbocycles. The summed E-state index contributed by atoms with van der Waals surface area (Å²) in [5, 5.41) is 9.81. The van der Waals surface area contributed by atoms with Crippen molar-refractivity contribution < 1.29 is 18.7 Å². The second kappa shape index (κ2) is 7.29. The zero-order chi connectivity index (χ0) is 17.9. The Morgan fingerprint density at radius 1 is 1.12 bits per heavy atom. The van der Waals surface area contributed by atoms with Crippen LogP contribution < -0.4 is 4.90 Å². The van der Waals surface area contributed by atoms with Crippen molar-refractivity contribution in [2.45, 2.75) is 24.5 Å². The summed E-state index contributed by atoms with van der Waals surface area (Å²) in [4.78, 5) is 18.2. The average molecular weight is 370 g/mol. The molecule has 0 atom stereocenters. The number of hydrogen-bond acceptors (Lipinski definition) is 6. The van der Waals surface area contributed by atoms with E-state index in [9.17, 15) is 9.90 Å². The molecule has 0 aliphatic carbocycles. The van der Waals surface area contributed by atoms with Crippen molar-refractivity contribution in [3.8, 4) is 0 Å². The van der Waals surface area contributed by atoms with Crippen LogP contribution in [0.3, 0.4) is 0 Å². The number of nitrogens with zero attached hydrogens (tertiary/aromatic N) is 2. The van der Waals surface area contributed by atoms with Gasteiger partial charge in [-0.3, -0.25) is 0 Å². The fourth-order valence-electron chi connectivity index (χ4n) is 2.96. The molecule has 0 bridgehead atoms. The van der Waals surface area contributed by atoms with Gasteiger partial charge >= 0.3 is 5.97 Å². The van der Waals surface area contributed by atoms with E-state index < -0.39 is 5.97 Å². The lowest BCUT2D eigenvalue weighted by Crippen LogP contribution is -2.28. The molecule has 0 amide bonds. The number of carboxylic acid groups (broad SMARTS) is 1. The minimum absolute atomic E-state index is 0.0936. The van der Waals surface area contributed by atoms with Crippen LogP contribution >= 0.6 is 11.8 Å². The summed E-state index contributed by atoms with van der Waals surface area (Å²) in [7, 11) is 0. The first-order valence-corrected chi connectivity index (χ1v) is 9.34. The summed E-state index contributed by atoms with van der Waals surface area (Å²) in [5.74, 6) is 0.243. The Balaban J connectivity index is 1.55. The van der Waals surface area contributed by atoms with E-state index in [4.69, 9.17) is 8.83 Å². The van der Waals surface area contributed by atoms with Gasteiger partial charge in [0.05, 0.1) is 0 Å². The number of para-hydroxylation sites is 2. The van der Waals surface area contributed by atoms with Crippen LogP contribution in [0.25, 0.3) is 17.2 Å². The number of benzene rings is 1. The molecule has 3 aromatic rings. The number of thioether (sulfide) groups is 1. The first kappa shape index (κ1) is 16.8. The normalized spacial score (nSPS) is 15.5. The molecule has 1 N–H and O–H groups in total. The SMILES string of the molecule is O=C(O)/C(=C\c1ccc(N2CCCCC2)o1)Sc1nc2ccccc2o1. The van der Waals surface area contributed by atoms with Crippen LogP contribution in [-0.2, 0) is 4.79 Å². The molecule has 1 aliphatic rings. The molecular formula is C19H18N2O4S. The lowest BCUT2D eigenvalue weighted by Gasteiger charge is -2.25. The van der Waals surface area contributed by atoms with E-state index >= 15 is 0 Å². The zero-order valence-corrected chi connectivity index (χ0v) is 14.9. The van der Waals surface area contributed by atoms with E-state index in [1.807, 2.05) is 24.3 Å². The van der Waals surface area contributed by atoms with Crippen LogP contribution in [0.5, 0.6) is 0 Å². The average Bonchev–Trinajstić information content (AvgIpc) is 3.28. The Kier molecular flexibility index (Phi) is 4.71. The van der Waals surface area contributed by atoms with Crippen molar-refractivity contribution in [2.75, 3.05) is 18.0 Å². The monoisotopic (exact) mass is 370 g/mol. The first-order valence-electron chi connectivity index (χ1n) is 8.52. The Morgan fingerprint density at radius 2 is 1.92 bits per heavy atom. The predicted molar refractivity (Wildman–Crippen MR) is 100 cm³/mol. The Bertz CT molecular complexity index is 920. The molecule has 26 heavy (non-hydrogen) atoms. The molecule has 1 fully saturated rings. The van der Waals surface area contributed by atoms with Gasteiger partial charge in [0.25, 0.3) is 5.22 Å². The summed E-state index contributed by atoms with van der Waals surface area (Å²) >= 11 is 0.972. The molecule has 6 nitrogen and oxygen atoms in total. The highest BCUT2D eigenvalue weighted by Gasteiger charge is 2.17. The maximum Gasteiger partial charge on any atom is 0.342 e. The van der Waals surface area contributed by atoms with Gasteiger partial charge in [0.1, 0.15) is 16.2 Å². The maximum absolute atomic E-state index is 11.6. The lowest BCUT2D eigenvalue weighted by molar-refractivity contribution is -0.131. The van der Waals surface area contributed by atoms with Gasteiger partial charge in [-0.25, -0.2) is 9.78 Å². The second-order valence-corrected chi connectivity index (χ2v) is 7.08. The van der Waals surface area contributed by atoms with Crippen LogP contribution in [0, 0.1) is 0 Å². The summed E-state index contributed by atoms with van der Waals surface area (Å²) < 4.78 is 11.4. The third-order valence-corrected chi connectivity index (χ3v) is 5.10. The number of aromatic nitrogens is 1. The van der Waals surface area contributed by atoms with Gasteiger partial charge in [0, 0.05) is 25.2 Å². The minimum Gasteiger partial charge on any atom is -0.477 e. The van der Waals surface area contributed by atoms with E-state index in [2.05, 4.69) is 9.88 Å². The quantitative estimate of drug-likeness (QED) is 0.518. The van der Waals surface area contributed by atoms with Gasteiger partial charge in [0.2, 0.25) is 0 Å². The standard InChI is InChI=1S/C19H18N2O4S/c22-18(23)16(26-19-20-14-6-2-3-7-15(14)25-19)12-13-8-9-17(24-13)21-10-4-1-5-11-21/h2-3,6-9,12H,1,4-5,10-11H2,(H,22,23)/b16-12+. The zero-order valence-electron chi connectivity index (χ0n) is 14.1. The van der Waals surface area contributed by atoms with Gasteiger partial charge in [-0.1, -0.05) is 12.1 Å². The highest BCUT2D eigenvalue weighted by Crippen LogP contribution is 2.32. The molecule has 1 saturated heterocycles.